The summed E-state index contributed by atoms with van der Waals surface area (Å²) >= 11 is 8.18. The van der Waals surface area contributed by atoms with Gasteiger partial charge in [-0.15, -0.1) is 0 Å². The van der Waals surface area contributed by atoms with Gasteiger partial charge in [0.15, 0.2) is 0 Å². The van der Waals surface area contributed by atoms with Crippen LogP contribution in [0.25, 0.3) is 0 Å². The Bertz CT molecular complexity index is 904. The van der Waals surface area contributed by atoms with Gasteiger partial charge in [-0.3, -0.25) is 0 Å². The number of piperidine rings is 1. The molecule has 1 saturated heterocycles. The number of halogens is 1. The minimum atomic E-state index is -0.574. The maximum atomic E-state index is 10.2. The SMILES string of the molecule is CC(O)c1cc(Cl)ccc1Nc1cc2c3c(c1)[C@@H]1CNCC[C@@H]1N3CCSC2. The van der Waals surface area contributed by atoms with Gasteiger partial charge in [0.1, 0.15) is 0 Å². The fourth-order valence-corrected chi connectivity index (χ4v) is 6.10. The van der Waals surface area contributed by atoms with E-state index < -0.39 is 6.10 Å². The molecule has 0 amide bonds. The van der Waals surface area contributed by atoms with Crippen molar-refractivity contribution in [1.82, 2.24) is 5.32 Å². The largest absolute Gasteiger partial charge is 0.389 e. The third-order valence-corrected chi connectivity index (χ3v) is 7.45. The molecule has 4 nitrogen and oxygen atoms in total. The van der Waals surface area contributed by atoms with Gasteiger partial charge in [-0.25, -0.2) is 0 Å². The monoisotopic (exact) mass is 415 g/mol. The zero-order valence-electron chi connectivity index (χ0n) is 16.0. The molecule has 2 aromatic carbocycles. The lowest BCUT2D eigenvalue weighted by atomic mass is 9.89. The molecule has 148 valence electrons. The molecule has 3 atom stereocenters. The van der Waals surface area contributed by atoms with Crippen LogP contribution in [0.2, 0.25) is 5.02 Å². The first-order valence-corrected chi connectivity index (χ1v) is 11.6. The van der Waals surface area contributed by atoms with E-state index in [-0.39, 0.29) is 0 Å². The molecule has 1 fully saturated rings. The molecule has 1 unspecified atom stereocenters. The summed E-state index contributed by atoms with van der Waals surface area (Å²) in [5.74, 6) is 2.82. The molecule has 3 N–H and O–H groups in total. The number of nitrogens with one attached hydrogen (secondary N) is 2. The van der Waals surface area contributed by atoms with Crippen LogP contribution in [0, 0.1) is 0 Å². The number of hydrogen-bond acceptors (Lipinski definition) is 5. The predicted octanol–water partition coefficient (Wildman–Crippen LogP) is 4.65. The fraction of sp³-hybridized carbons (Fsp3) is 0.455. The third kappa shape index (κ3) is 3.18. The number of fused-ring (bicyclic) bond motifs is 3. The number of hydrogen-bond donors (Lipinski definition) is 3. The summed E-state index contributed by atoms with van der Waals surface area (Å²) < 4.78 is 0. The molecule has 0 aliphatic carbocycles. The normalized spacial score (nSPS) is 24.3. The minimum absolute atomic E-state index is 0.564. The van der Waals surface area contributed by atoms with E-state index in [2.05, 4.69) is 27.7 Å². The van der Waals surface area contributed by atoms with Crippen LogP contribution in [-0.2, 0) is 5.75 Å². The minimum Gasteiger partial charge on any atom is -0.389 e. The van der Waals surface area contributed by atoms with Crippen LogP contribution in [0.15, 0.2) is 30.3 Å². The van der Waals surface area contributed by atoms with Crippen molar-refractivity contribution in [2.24, 2.45) is 0 Å². The second-order valence-corrected chi connectivity index (χ2v) is 9.56. The Kier molecular flexibility index (Phi) is 4.95. The lowest BCUT2D eigenvalue weighted by Gasteiger charge is -2.33. The highest BCUT2D eigenvalue weighted by atomic mass is 35.5. The maximum Gasteiger partial charge on any atom is 0.0782 e. The van der Waals surface area contributed by atoms with E-state index in [9.17, 15) is 5.11 Å². The molecule has 3 heterocycles. The number of rotatable bonds is 3. The molecular formula is C22H26ClN3OS. The molecule has 5 rings (SSSR count). The van der Waals surface area contributed by atoms with Crippen molar-refractivity contribution >= 4 is 40.4 Å². The van der Waals surface area contributed by atoms with Crippen molar-refractivity contribution in [3.05, 3.63) is 52.0 Å². The molecule has 6 heteroatoms. The van der Waals surface area contributed by atoms with Crippen molar-refractivity contribution in [3.8, 4) is 0 Å². The number of benzene rings is 2. The summed E-state index contributed by atoms with van der Waals surface area (Å²) in [6.07, 6.45) is 0.644. The number of thioether (sulfide) groups is 1. The quantitative estimate of drug-likeness (QED) is 0.681. The average Bonchev–Trinajstić information content (AvgIpc) is 2.85. The highest BCUT2D eigenvalue weighted by Crippen LogP contribution is 2.49. The number of aliphatic hydroxyl groups excluding tert-OH is 1. The van der Waals surface area contributed by atoms with Gasteiger partial charge in [-0.05, 0) is 61.3 Å². The summed E-state index contributed by atoms with van der Waals surface area (Å²) in [4.78, 5) is 2.68. The van der Waals surface area contributed by atoms with E-state index in [1.165, 1.54) is 29.0 Å². The molecule has 0 bridgehead atoms. The summed E-state index contributed by atoms with van der Waals surface area (Å²) in [6.45, 7) is 5.11. The van der Waals surface area contributed by atoms with E-state index in [0.29, 0.717) is 17.0 Å². The highest BCUT2D eigenvalue weighted by molar-refractivity contribution is 7.98. The second-order valence-electron chi connectivity index (χ2n) is 8.02. The molecule has 0 saturated carbocycles. The summed E-state index contributed by atoms with van der Waals surface area (Å²) in [7, 11) is 0. The van der Waals surface area contributed by atoms with Gasteiger partial charge >= 0.3 is 0 Å². The van der Waals surface area contributed by atoms with Crippen LogP contribution in [0.4, 0.5) is 17.1 Å². The standard InChI is InChI=1S/C22H26ClN3OS/c1-13(27)17-9-15(23)2-3-20(17)25-16-8-14-12-28-7-6-26-21-4-5-24-11-19(21)18(10-16)22(14)26/h2-3,8-10,13,19,21,24-25,27H,4-7,11-12H2,1H3/t13?,19-,21-/m0/s1. The van der Waals surface area contributed by atoms with Crippen molar-refractivity contribution in [2.75, 3.05) is 35.6 Å². The maximum absolute atomic E-state index is 10.2. The van der Waals surface area contributed by atoms with Gasteiger partial charge < -0.3 is 20.6 Å². The van der Waals surface area contributed by atoms with Crippen molar-refractivity contribution in [1.29, 1.82) is 0 Å². The van der Waals surface area contributed by atoms with Gasteiger partial charge in [0.05, 0.1) is 6.10 Å². The predicted molar refractivity (Wildman–Crippen MR) is 119 cm³/mol. The Morgan fingerprint density at radius 3 is 3.07 bits per heavy atom. The van der Waals surface area contributed by atoms with E-state index in [4.69, 9.17) is 11.6 Å². The van der Waals surface area contributed by atoms with E-state index >= 15 is 0 Å². The zero-order valence-corrected chi connectivity index (χ0v) is 17.6. The van der Waals surface area contributed by atoms with Crippen LogP contribution >= 0.6 is 23.4 Å². The number of nitrogens with zero attached hydrogens (tertiary/aromatic N) is 1. The Labute approximate surface area is 175 Å². The van der Waals surface area contributed by atoms with Crippen LogP contribution < -0.4 is 15.5 Å². The van der Waals surface area contributed by atoms with E-state index in [1.807, 2.05) is 30.0 Å². The molecule has 3 aliphatic rings. The summed E-state index contributed by atoms with van der Waals surface area (Å²) in [5, 5.41) is 18.0. The first-order chi connectivity index (χ1) is 13.6. The van der Waals surface area contributed by atoms with Crippen molar-refractivity contribution in [2.45, 2.75) is 37.2 Å². The van der Waals surface area contributed by atoms with Gasteiger partial charge in [-0.1, -0.05) is 11.6 Å². The lowest BCUT2D eigenvalue weighted by Crippen LogP contribution is -2.44. The van der Waals surface area contributed by atoms with Gasteiger partial charge in [0.2, 0.25) is 0 Å². The van der Waals surface area contributed by atoms with Crippen LogP contribution in [0.5, 0.6) is 0 Å². The summed E-state index contributed by atoms with van der Waals surface area (Å²) in [6, 6.07) is 10.9. The van der Waals surface area contributed by atoms with Crippen LogP contribution in [-0.4, -0.2) is 36.5 Å². The van der Waals surface area contributed by atoms with E-state index in [1.54, 1.807) is 6.92 Å². The van der Waals surface area contributed by atoms with Crippen LogP contribution in [0.3, 0.4) is 0 Å². The Morgan fingerprint density at radius 1 is 1.32 bits per heavy atom. The Hall–Kier alpha value is -1.40. The van der Waals surface area contributed by atoms with E-state index in [0.717, 1.165) is 42.3 Å². The zero-order chi connectivity index (χ0) is 19.3. The van der Waals surface area contributed by atoms with Crippen molar-refractivity contribution in [3.63, 3.8) is 0 Å². The van der Waals surface area contributed by atoms with Crippen molar-refractivity contribution < 1.29 is 5.11 Å². The smallest absolute Gasteiger partial charge is 0.0782 e. The third-order valence-electron chi connectivity index (χ3n) is 6.23. The topological polar surface area (TPSA) is 47.5 Å². The van der Waals surface area contributed by atoms with Gasteiger partial charge in [0.25, 0.3) is 0 Å². The molecule has 2 aromatic rings. The molecule has 28 heavy (non-hydrogen) atoms. The average molecular weight is 416 g/mol. The van der Waals surface area contributed by atoms with Crippen LogP contribution in [0.1, 0.15) is 42.1 Å². The Balaban J connectivity index is 1.56. The lowest BCUT2D eigenvalue weighted by molar-refractivity contribution is 0.200. The first kappa shape index (κ1) is 18.6. The molecule has 0 radical (unpaired) electrons. The fourth-order valence-electron chi connectivity index (χ4n) is 5.01. The van der Waals surface area contributed by atoms with Gasteiger partial charge in [-0.2, -0.15) is 11.8 Å². The number of anilines is 3. The second kappa shape index (κ2) is 7.45. The number of aliphatic hydroxyl groups is 1. The summed E-state index contributed by atoms with van der Waals surface area (Å²) in [5.41, 5.74) is 7.25. The molecular weight excluding hydrogens is 390 g/mol. The molecule has 3 aliphatic heterocycles. The Morgan fingerprint density at radius 2 is 2.21 bits per heavy atom. The molecule has 0 aromatic heterocycles. The molecule has 0 spiro atoms. The highest BCUT2D eigenvalue weighted by Gasteiger charge is 2.41. The first-order valence-electron chi connectivity index (χ1n) is 10.1. The van der Waals surface area contributed by atoms with Gasteiger partial charge in [0, 0.05) is 64.2 Å².